The molecular weight excluding hydrogens is 246 g/mol. The third-order valence-electron chi connectivity index (χ3n) is 2.30. The number of hydrogen-bond donors (Lipinski definition) is 0. The topological polar surface area (TPSA) is 135 Å². The molecule has 11 heteroatoms. The molecule has 0 aliphatic rings. The van der Waals surface area contributed by atoms with E-state index in [0.29, 0.717) is 0 Å². The quantitative estimate of drug-likeness (QED) is 0.331. The van der Waals surface area contributed by atoms with Crippen LogP contribution in [0.1, 0.15) is 0 Å². The minimum absolute atomic E-state index is 0.162. The maximum absolute atomic E-state index is 10.9. The molecule has 0 N–H and O–H groups in total. The lowest BCUT2D eigenvalue weighted by molar-refractivity contribution is -0.717. The van der Waals surface area contributed by atoms with Crippen LogP contribution in [0.25, 0.3) is 11.3 Å². The zero-order chi connectivity index (χ0) is 12.9. The number of fused-ring (bicyclic) bond motifs is 3. The summed E-state index contributed by atoms with van der Waals surface area (Å²) in [5, 5.41) is 25.4. The van der Waals surface area contributed by atoms with E-state index in [1.165, 1.54) is 12.4 Å². The van der Waals surface area contributed by atoms with E-state index in [4.69, 9.17) is 0 Å². The van der Waals surface area contributed by atoms with Gasteiger partial charge in [-0.2, -0.15) is 0 Å². The fourth-order valence-electron chi connectivity index (χ4n) is 1.62. The minimum Gasteiger partial charge on any atom is -0.361 e. The van der Waals surface area contributed by atoms with Gasteiger partial charge in [-0.15, -0.1) is 4.52 Å². The number of rotatable bonds is 2. The Morgan fingerprint density at radius 1 is 1.22 bits per heavy atom. The van der Waals surface area contributed by atoms with E-state index in [1.54, 1.807) is 0 Å². The first kappa shape index (κ1) is 10.1. The fourth-order valence-corrected chi connectivity index (χ4v) is 1.62. The predicted molar refractivity (Wildman–Crippen MR) is 52.8 cm³/mol. The molecular formula is C7H3N7O4. The molecule has 0 aliphatic carbocycles. The molecule has 3 aromatic heterocycles. The highest BCUT2D eigenvalue weighted by atomic mass is 16.6. The first-order valence-electron chi connectivity index (χ1n) is 4.59. The van der Waals surface area contributed by atoms with Gasteiger partial charge in [-0.3, -0.25) is 20.2 Å². The van der Waals surface area contributed by atoms with Crippen LogP contribution in [-0.2, 0) is 0 Å². The summed E-state index contributed by atoms with van der Waals surface area (Å²) in [5.74, 6) is -0.736. The first-order chi connectivity index (χ1) is 8.59. The Bertz CT molecular complexity index is 803. The van der Waals surface area contributed by atoms with Crippen LogP contribution in [0.4, 0.5) is 11.5 Å². The van der Waals surface area contributed by atoms with Gasteiger partial charge in [0.15, 0.2) is 5.65 Å². The Morgan fingerprint density at radius 2 is 1.94 bits per heavy atom. The monoisotopic (exact) mass is 249 g/mol. The second-order valence-electron chi connectivity index (χ2n) is 3.29. The minimum atomic E-state index is -0.871. The van der Waals surface area contributed by atoms with Crippen LogP contribution in [-0.4, -0.2) is 24.3 Å². The molecule has 0 amide bonds. The van der Waals surface area contributed by atoms with Gasteiger partial charge in [0.2, 0.25) is 0 Å². The molecule has 0 fully saturated rings. The summed E-state index contributed by atoms with van der Waals surface area (Å²) in [7, 11) is 0. The second-order valence-corrected chi connectivity index (χ2v) is 3.29. The van der Waals surface area contributed by atoms with E-state index in [-0.39, 0.29) is 11.3 Å². The van der Waals surface area contributed by atoms with Crippen molar-refractivity contribution >= 4 is 22.8 Å². The third-order valence-corrected chi connectivity index (χ3v) is 2.30. The smallest absolute Gasteiger partial charge is 0.361 e. The Labute approximate surface area is 96.6 Å². The van der Waals surface area contributed by atoms with Crippen LogP contribution < -0.4 is 9.73 Å². The molecule has 0 saturated heterocycles. The van der Waals surface area contributed by atoms with E-state index in [1.807, 2.05) is 0 Å². The summed E-state index contributed by atoms with van der Waals surface area (Å²) in [5.41, 5.74) is -0.288. The summed E-state index contributed by atoms with van der Waals surface area (Å²) in [6, 6.07) is 0. The highest BCUT2D eigenvalue weighted by molar-refractivity contribution is 5.63. The number of hydrogen-bond acceptors (Lipinski definition) is 6. The molecule has 0 aromatic carbocycles. The van der Waals surface area contributed by atoms with Crippen LogP contribution in [0, 0.1) is 20.2 Å². The van der Waals surface area contributed by atoms with E-state index < -0.39 is 21.4 Å². The van der Waals surface area contributed by atoms with Gasteiger partial charge in [0, 0.05) is 10.8 Å². The van der Waals surface area contributed by atoms with E-state index >= 15 is 0 Å². The maximum atomic E-state index is 10.9. The second kappa shape index (κ2) is 3.19. The lowest BCUT2D eigenvalue weighted by atomic mass is 10.5. The molecule has 0 bridgehead atoms. The summed E-state index contributed by atoms with van der Waals surface area (Å²) in [6.07, 6.45) is 3.72. The largest absolute Gasteiger partial charge is 0.612 e. The average Bonchev–Trinajstić information content (AvgIpc) is 2.83. The Hall–Kier alpha value is -3.11. The van der Waals surface area contributed by atoms with Gasteiger partial charge in [-0.25, -0.2) is 4.98 Å². The lowest BCUT2D eigenvalue weighted by Gasteiger charge is -1.87. The summed E-state index contributed by atoms with van der Waals surface area (Å²) in [4.78, 5) is 27.7. The van der Waals surface area contributed by atoms with Crippen molar-refractivity contribution in [3.05, 3.63) is 38.8 Å². The van der Waals surface area contributed by atoms with Crippen molar-refractivity contribution in [3.63, 3.8) is 0 Å². The molecule has 3 aromatic rings. The molecule has 90 valence electrons. The van der Waals surface area contributed by atoms with Gasteiger partial charge in [-0.05, 0) is 6.20 Å². The average molecular weight is 249 g/mol. The molecule has 3 rings (SSSR count). The van der Waals surface area contributed by atoms with Crippen molar-refractivity contribution in [1.82, 2.24) is 19.6 Å². The van der Waals surface area contributed by atoms with E-state index in [2.05, 4.69) is 15.1 Å². The molecule has 0 saturated carbocycles. The number of aromatic nitrogens is 5. The van der Waals surface area contributed by atoms with Crippen LogP contribution in [0.15, 0.2) is 18.6 Å². The highest BCUT2D eigenvalue weighted by Gasteiger charge is 2.39. The van der Waals surface area contributed by atoms with Crippen molar-refractivity contribution in [2.75, 3.05) is 0 Å². The zero-order valence-electron chi connectivity index (χ0n) is 8.50. The maximum Gasteiger partial charge on any atom is 0.612 e. The number of nitrogens with zero attached hydrogens (tertiary/aromatic N) is 7. The highest BCUT2D eigenvalue weighted by Crippen LogP contribution is 2.22. The van der Waals surface area contributed by atoms with Crippen molar-refractivity contribution in [3.8, 4) is 0 Å². The normalized spacial score (nSPS) is 11.1. The molecule has 3 heterocycles. The van der Waals surface area contributed by atoms with Gasteiger partial charge in [0.1, 0.15) is 16.8 Å². The zero-order valence-corrected chi connectivity index (χ0v) is 8.50. The molecule has 0 radical (unpaired) electrons. The van der Waals surface area contributed by atoms with E-state index in [0.717, 1.165) is 15.3 Å². The van der Waals surface area contributed by atoms with Gasteiger partial charge >= 0.3 is 11.5 Å². The van der Waals surface area contributed by atoms with Gasteiger partial charge in [0.05, 0.1) is 4.92 Å². The van der Waals surface area contributed by atoms with Crippen LogP contribution >= 0.6 is 0 Å². The lowest BCUT2D eigenvalue weighted by Crippen LogP contribution is -2.32. The van der Waals surface area contributed by atoms with Gasteiger partial charge < -0.3 is 4.98 Å². The Balaban J connectivity index is 2.50. The molecule has 0 aliphatic heterocycles. The van der Waals surface area contributed by atoms with Crippen LogP contribution in [0.2, 0.25) is 0 Å². The number of nitro groups is 2. The van der Waals surface area contributed by atoms with Crippen molar-refractivity contribution in [1.29, 1.82) is 0 Å². The first-order valence-corrected chi connectivity index (χ1v) is 4.59. The Morgan fingerprint density at radius 3 is 2.61 bits per heavy atom. The van der Waals surface area contributed by atoms with E-state index in [9.17, 15) is 20.2 Å². The molecule has 0 spiro atoms. The third kappa shape index (κ3) is 1.15. The fraction of sp³-hybridized carbons (Fsp3) is 0. The van der Waals surface area contributed by atoms with Crippen LogP contribution in [0.3, 0.4) is 0 Å². The van der Waals surface area contributed by atoms with Crippen molar-refractivity contribution in [2.24, 2.45) is 0 Å². The molecule has 0 unspecified atom stereocenters. The summed E-state index contributed by atoms with van der Waals surface area (Å²) >= 11 is 0. The molecule has 0 atom stereocenters. The van der Waals surface area contributed by atoms with Crippen molar-refractivity contribution in [2.45, 2.75) is 0 Å². The summed E-state index contributed by atoms with van der Waals surface area (Å²) in [6.45, 7) is 0. The SMILES string of the molecule is O=[N+]([O-])c1cn2c3nccnc3[n-][n+]2c1[N+](=O)[O-]. The summed E-state index contributed by atoms with van der Waals surface area (Å²) < 4.78 is 1.90. The predicted octanol–water partition coefficient (Wildman–Crippen LogP) is -0.758. The van der Waals surface area contributed by atoms with Gasteiger partial charge in [0.25, 0.3) is 0 Å². The van der Waals surface area contributed by atoms with Gasteiger partial charge in [-0.1, -0.05) is 5.10 Å². The Kier molecular flexibility index (Phi) is 1.79. The standard InChI is InChI=1S/C7H3N7O4/c15-13(16)4-3-11-6-5(8-1-2-9-6)10-12(11)7(4)14(17)18/h1-3H. The molecule has 18 heavy (non-hydrogen) atoms. The van der Waals surface area contributed by atoms with Crippen LogP contribution in [0.5, 0.6) is 0 Å². The van der Waals surface area contributed by atoms with Crippen molar-refractivity contribution < 1.29 is 14.5 Å². The molecule has 11 nitrogen and oxygen atoms in total.